The maximum absolute atomic E-state index is 12.2. The third-order valence-corrected chi connectivity index (χ3v) is 4.44. The Hall–Kier alpha value is -1.94. The summed E-state index contributed by atoms with van der Waals surface area (Å²) in [5, 5.41) is 2.72. The zero-order valence-electron chi connectivity index (χ0n) is 12.5. The molecule has 3 N–H and O–H groups in total. The Morgan fingerprint density at radius 1 is 1.19 bits per heavy atom. The highest BCUT2D eigenvalue weighted by Crippen LogP contribution is 2.28. The van der Waals surface area contributed by atoms with Gasteiger partial charge in [0.15, 0.2) is 0 Å². The van der Waals surface area contributed by atoms with Crippen molar-refractivity contribution in [3.63, 3.8) is 0 Å². The van der Waals surface area contributed by atoms with Gasteiger partial charge in [-0.3, -0.25) is 4.79 Å². The molecule has 0 saturated heterocycles. The van der Waals surface area contributed by atoms with Gasteiger partial charge < -0.3 is 11.1 Å². The summed E-state index contributed by atoms with van der Waals surface area (Å²) in [5.74, 6) is -0.0226. The van der Waals surface area contributed by atoms with Gasteiger partial charge in [0.1, 0.15) is 0 Å². The van der Waals surface area contributed by atoms with Crippen molar-refractivity contribution in [2.45, 2.75) is 30.9 Å². The summed E-state index contributed by atoms with van der Waals surface area (Å²) in [6.45, 7) is 6.04. The minimum Gasteiger partial charge on any atom is -0.399 e. The van der Waals surface area contributed by atoms with E-state index in [0.29, 0.717) is 5.69 Å². The molecule has 0 aliphatic carbocycles. The van der Waals surface area contributed by atoms with E-state index < -0.39 is 0 Å². The predicted molar refractivity (Wildman–Crippen MR) is 90.7 cm³/mol. The monoisotopic (exact) mass is 300 g/mol. The lowest BCUT2D eigenvalue weighted by Crippen LogP contribution is -2.22. The van der Waals surface area contributed by atoms with Crippen molar-refractivity contribution in [2.24, 2.45) is 0 Å². The lowest BCUT2D eigenvalue weighted by Gasteiger charge is -2.14. The Bertz CT molecular complexity index is 655. The van der Waals surface area contributed by atoms with Crippen molar-refractivity contribution in [2.75, 3.05) is 11.1 Å². The molecule has 0 fully saturated rings. The molecule has 0 bridgehead atoms. The minimum atomic E-state index is -0.173. The lowest BCUT2D eigenvalue weighted by atomic mass is 10.2. The summed E-state index contributed by atoms with van der Waals surface area (Å²) < 4.78 is 0. The number of thioether (sulfide) groups is 1. The molecule has 110 valence electrons. The van der Waals surface area contributed by atoms with E-state index in [1.165, 1.54) is 11.1 Å². The number of hydrogen-bond acceptors (Lipinski definition) is 3. The molecule has 0 saturated carbocycles. The maximum atomic E-state index is 12.2. The number of anilines is 2. The number of nitrogen functional groups attached to an aromatic ring is 1. The number of benzene rings is 2. The zero-order valence-corrected chi connectivity index (χ0v) is 13.3. The number of aryl methyl sites for hydroxylation is 2. The summed E-state index contributed by atoms with van der Waals surface area (Å²) >= 11 is 1.57. The van der Waals surface area contributed by atoms with E-state index in [0.717, 1.165) is 10.6 Å². The smallest absolute Gasteiger partial charge is 0.237 e. The normalized spacial score (nSPS) is 12.0. The largest absolute Gasteiger partial charge is 0.399 e. The Morgan fingerprint density at radius 3 is 2.62 bits per heavy atom. The molecule has 2 aromatic rings. The molecule has 3 nitrogen and oxygen atoms in total. The fourth-order valence-electron chi connectivity index (χ4n) is 2.04. The number of nitrogens with one attached hydrogen (secondary N) is 1. The minimum absolute atomic E-state index is 0.0226. The predicted octanol–water partition coefficient (Wildman–Crippen LogP) is 4.00. The molecule has 0 aliphatic heterocycles. The Kier molecular flexibility index (Phi) is 4.91. The fraction of sp³-hybridized carbons (Fsp3) is 0.235. The van der Waals surface area contributed by atoms with E-state index in [2.05, 4.69) is 37.4 Å². The molecule has 4 heteroatoms. The summed E-state index contributed by atoms with van der Waals surface area (Å²) in [6, 6.07) is 13.5. The second kappa shape index (κ2) is 6.68. The highest BCUT2D eigenvalue weighted by atomic mass is 32.2. The molecule has 0 aromatic heterocycles. The van der Waals surface area contributed by atoms with Crippen LogP contribution in [0.25, 0.3) is 0 Å². The van der Waals surface area contributed by atoms with Crippen molar-refractivity contribution in [1.82, 2.24) is 0 Å². The Labute approximate surface area is 129 Å². The summed E-state index contributed by atoms with van der Waals surface area (Å²) in [4.78, 5) is 13.4. The second-order valence-corrected chi connectivity index (χ2v) is 6.53. The summed E-state index contributed by atoms with van der Waals surface area (Å²) in [7, 11) is 0. The van der Waals surface area contributed by atoms with Crippen LogP contribution in [0.5, 0.6) is 0 Å². The number of hydrogen-bond donors (Lipinski definition) is 2. The van der Waals surface area contributed by atoms with Gasteiger partial charge in [-0.25, -0.2) is 0 Å². The first-order chi connectivity index (χ1) is 9.95. The van der Waals surface area contributed by atoms with E-state index in [9.17, 15) is 4.79 Å². The van der Waals surface area contributed by atoms with Crippen LogP contribution >= 0.6 is 11.8 Å². The van der Waals surface area contributed by atoms with Crippen LogP contribution in [0, 0.1) is 13.8 Å². The van der Waals surface area contributed by atoms with Crippen LogP contribution in [0.15, 0.2) is 47.4 Å². The Balaban J connectivity index is 2.02. The highest BCUT2D eigenvalue weighted by molar-refractivity contribution is 8.00. The molecular formula is C17H20N2OS. The van der Waals surface area contributed by atoms with Crippen LogP contribution < -0.4 is 11.1 Å². The average Bonchev–Trinajstić information content (AvgIpc) is 2.41. The van der Waals surface area contributed by atoms with Crippen molar-refractivity contribution in [3.05, 3.63) is 53.6 Å². The topological polar surface area (TPSA) is 55.1 Å². The van der Waals surface area contributed by atoms with Crippen LogP contribution in [0.4, 0.5) is 11.4 Å². The standard InChI is InChI=1S/C17H20N2OS/c1-11-7-8-16(12(2)9-11)21-13(3)17(20)19-15-6-4-5-14(18)10-15/h4-10,13H,18H2,1-3H3,(H,19,20). The molecule has 0 aliphatic rings. The van der Waals surface area contributed by atoms with Gasteiger partial charge in [0.25, 0.3) is 0 Å². The third kappa shape index (κ3) is 4.26. The summed E-state index contributed by atoms with van der Waals surface area (Å²) in [6.07, 6.45) is 0. The SMILES string of the molecule is Cc1ccc(SC(C)C(=O)Nc2cccc(N)c2)c(C)c1. The first-order valence-corrected chi connectivity index (χ1v) is 7.74. The van der Waals surface area contributed by atoms with Crippen molar-refractivity contribution >= 4 is 29.0 Å². The van der Waals surface area contributed by atoms with Gasteiger partial charge in [-0.1, -0.05) is 23.8 Å². The van der Waals surface area contributed by atoms with Crippen molar-refractivity contribution in [1.29, 1.82) is 0 Å². The number of rotatable bonds is 4. The first-order valence-electron chi connectivity index (χ1n) is 6.86. The molecule has 1 amide bonds. The van der Waals surface area contributed by atoms with Gasteiger partial charge in [0.2, 0.25) is 5.91 Å². The molecule has 1 atom stereocenters. The van der Waals surface area contributed by atoms with Gasteiger partial charge >= 0.3 is 0 Å². The van der Waals surface area contributed by atoms with Crippen LogP contribution in [-0.4, -0.2) is 11.2 Å². The van der Waals surface area contributed by atoms with Crippen molar-refractivity contribution < 1.29 is 4.79 Å². The van der Waals surface area contributed by atoms with E-state index in [1.807, 2.05) is 19.1 Å². The molecule has 2 rings (SSSR count). The molecule has 0 heterocycles. The molecule has 0 spiro atoms. The lowest BCUT2D eigenvalue weighted by molar-refractivity contribution is -0.115. The van der Waals surface area contributed by atoms with E-state index in [-0.39, 0.29) is 11.2 Å². The van der Waals surface area contributed by atoms with E-state index >= 15 is 0 Å². The first kappa shape index (κ1) is 15.4. The molecule has 21 heavy (non-hydrogen) atoms. The molecule has 2 aromatic carbocycles. The van der Waals surface area contributed by atoms with Gasteiger partial charge in [0.05, 0.1) is 5.25 Å². The maximum Gasteiger partial charge on any atom is 0.237 e. The van der Waals surface area contributed by atoms with Crippen molar-refractivity contribution in [3.8, 4) is 0 Å². The number of nitrogens with two attached hydrogens (primary N) is 1. The Morgan fingerprint density at radius 2 is 1.95 bits per heavy atom. The van der Waals surface area contributed by atoms with E-state index in [1.54, 1.807) is 23.9 Å². The number of amides is 1. The van der Waals surface area contributed by atoms with Gasteiger partial charge in [-0.2, -0.15) is 0 Å². The van der Waals surface area contributed by atoms with Crippen LogP contribution in [0.3, 0.4) is 0 Å². The van der Waals surface area contributed by atoms with Gasteiger partial charge in [-0.15, -0.1) is 11.8 Å². The quantitative estimate of drug-likeness (QED) is 0.662. The van der Waals surface area contributed by atoms with Gasteiger partial charge in [-0.05, 0) is 50.6 Å². The molecule has 1 unspecified atom stereocenters. The molecule has 0 radical (unpaired) electrons. The van der Waals surface area contributed by atoms with Gasteiger partial charge in [0, 0.05) is 16.3 Å². The van der Waals surface area contributed by atoms with Crippen LogP contribution in [0.2, 0.25) is 0 Å². The fourth-order valence-corrected chi connectivity index (χ4v) is 2.97. The summed E-state index contributed by atoms with van der Waals surface area (Å²) in [5.41, 5.74) is 9.51. The van der Waals surface area contributed by atoms with E-state index in [4.69, 9.17) is 5.73 Å². The highest BCUT2D eigenvalue weighted by Gasteiger charge is 2.15. The number of carbonyl (C=O) groups excluding carboxylic acids is 1. The second-order valence-electron chi connectivity index (χ2n) is 5.14. The molecular weight excluding hydrogens is 280 g/mol. The van der Waals surface area contributed by atoms with Crippen LogP contribution in [0.1, 0.15) is 18.1 Å². The number of carbonyl (C=O) groups is 1. The average molecular weight is 300 g/mol. The zero-order chi connectivity index (χ0) is 15.4. The van der Waals surface area contributed by atoms with Crippen LogP contribution in [-0.2, 0) is 4.79 Å². The third-order valence-electron chi connectivity index (χ3n) is 3.16.